The maximum atomic E-state index is 13.9. The van der Waals surface area contributed by atoms with Gasteiger partial charge in [0.2, 0.25) is 15.9 Å². The van der Waals surface area contributed by atoms with E-state index in [0.717, 1.165) is 44.9 Å². The summed E-state index contributed by atoms with van der Waals surface area (Å²) in [4.78, 5) is 13.1. The molecule has 0 heterocycles. The van der Waals surface area contributed by atoms with Gasteiger partial charge in [-0.25, -0.2) is 8.42 Å². The zero-order valence-electron chi connectivity index (χ0n) is 21.1. The molecule has 0 aromatic rings. The number of hydrogen-bond donors (Lipinski definition) is 1. The fourth-order valence-electron chi connectivity index (χ4n) is 6.04. The number of rotatable bonds is 9. The second-order valence-electron chi connectivity index (χ2n) is 10.6. The first kappa shape index (κ1) is 27.4. The van der Waals surface area contributed by atoms with Crippen molar-refractivity contribution in [3.05, 3.63) is 0 Å². The molecular weight excluding hydrogens is 454 g/mol. The Labute approximate surface area is 205 Å². The number of amides is 1. The Morgan fingerprint density at radius 2 is 1.68 bits per heavy atom. The van der Waals surface area contributed by atoms with Crippen LogP contribution < -0.4 is 5.32 Å². The number of hydrogen-bond acceptors (Lipinski definition) is 6. The van der Waals surface area contributed by atoms with Crippen molar-refractivity contribution in [1.82, 2.24) is 9.62 Å². The van der Waals surface area contributed by atoms with Gasteiger partial charge >= 0.3 is 0 Å². The molecule has 1 N–H and O–H groups in total. The Balaban J connectivity index is 1.72. The normalized spacial score (nSPS) is 35.0. The maximum Gasteiger partial charge on any atom is 0.235 e. The molecule has 9 heteroatoms. The monoisotopic (exact) mass is 497 g/mol. The predicted octanol–water partition coefficient (Wildman–Crippen LogP) is 3.37. The predicted molar refractivity (Wildman–Crippen MR) is 130 cm³/mol. The number of methoxy groups -OCH3 is 2. The first-order chi connectivity index (χ1) is 16.3. The molecule has 0 aromatic carbocycles. The number of carbonyl (C=O) groups is 1. The highest BCUT2D eigenvalue weighted by Crippen LogP contribution is 2.35. The fraction of sp³-hybridized carbons (Fsp3) is 0.920. The van der Waals surface area contributed by atoms with Gasteiger partial charge in [-0.05, 0) is 76.0 Å². The van der Waals surface area contributed by atoms with Crippen LogP contribution in [0.1, 0.15) is 84.0 Å². The van der Waals surface area contributed by atoms with Crippen molar-refractivity contribution in [2.24, 2.45) is 11.8 Å². The summed E-state index contributed by atoms with van der Waals surface area (Å²) < 4.78 is 40.5. The molecular formula is C25H43N3O5S. The summed E-state index contributed by atoms with van der Waals surface area (Å²) in [5.74, 6) is 0.714. The van der Waals surface area contributed by atoms with Crippen molar-refractivity contribution in [3.63, 3.8) is 0 Å². The molecule has 0 aliphatic heterocycles. The second kappa shape index (κ2) is 12.7. The average molecular weight is 498 g/mol. The lowest BCUT2D eigenvalue weighted by Gasteiger charge is -2.42. The summed E-state index contributed by atoms with van der Waals surface area (Å²) in [7, 11) is -0.362. The first-order valence-corrected chi connectivity index (χ1v) is 14.5. The molecule has 1 amide bonds. The topological polar surface area (TPSA) is 109 Å². The van der Waals surface area contributed by atoms with E-state index in [-0.39, 0.29) is 36.7 Å². The van der Waals surface area contributed by atoms with Crippen molar-refractivity contribution >= 4 is 15.9 Å². The Kier molecular flexibility index (Phi) is 10.2. The summed E-state index contributed by atoms with van der Waals surface area (Å²) in [5.41, 5.74) is 0. The third-order valence-corrected chi connectivity index (χ3v) is 10.7. The lowest BCUT2D eigenvalue weighted by molar-refractivity contribution is -0.123. The summed E-state index contributed by atoms with van der Waals surface area (Å²) >= 11 is 0. The largest absolute Gasteiger partial charge is 0.381 e. The Morgan fingerprint density at radius 1 is 1.00 bits per heavy atom. The van der Waals surface area contributed by atoms with Crippen LogP contribution in [0, 0.1) is 23.2 Å². The molecule has 8 nitrogen and oxygen atoms in total. The first-order valence-electron chi connectivity index (χ1n) is 13.0. The minimum Gasteiger partial charge on any atom is -0.381 e. The number of nitrogens with zero attached hydrogens (tertiary/aromatic N) is 2. The lowest BCUT2D eigenvalue weighted by atomic mass is 9.84. The highest BCUT2D eigenvalue weighted by molar-refractivity contribution is 7.89. The van der Waals surface area contributed by atoms with Gasteiger partial charge in [-0.1, -0.05) is 6.92 Å². The van der Waals surface area contributed by atoms with Crippen LogP contribution in [0.25, 0.3) is 0 Å². The van der Waals surface area contributed by atoms with Gasteiger partial charge in [0, 0.05) is 33.1 Å². The number of ether oxygens (including phenoxy) is 2. The molecule has 3 aliphatic rings. The standard InChI is InChI=1S/C25H43N3O5S/c1-18-4-11-22(12-5-18)34(30,31)28(23-13-10-21(32-2)16-24(23)33-3)17-25(29)27-20-8-6-19(7-9-20)14-15-26/h18-24H,4-14,16-17H2,1-3H3,(H,27,29). The lowest BCUT2D eigenvalue weighted by Crippen LogP contribution is -2.57. The van der Waals surface area contributed by atoms with Crippen molar-refractivity contribution in [3.8, 4) is 6.07 Å². The fourth-order valence-corrected chi connectivity index (χ4v) is 8.21. The van der Waals surface area contributed by atoms with Gasteiger partial charge in [-0.15, -0.1) is 0 Å². The Bertz CT molecular complexity index is 798. The van der Waals surface area contributed by atoms with Gasteiger partial charge < -0.3 is 14.8 Å². The molecule has 0 spiro atoms. The van der Waals surface area contributed by atoms with Gasteiger partial charge in [0.05, 0.1) is 36.1 Å². The van der Waals surface area contributed by atoms with Crippen LogP contribution in [-0.2, 0) is 24.3 Å². The van der Waals surface area contributed by atoms with Crippen LogP contribution >= 0.6 is 0 Å². The molecule has 3 aliphatic carbocycles. The highest BCUT2D eigenvalue weighted by Gasteiger charge is 2.44. The zero-order valence-corrected chi connectivity index (χ0v) is 21.9. The molecule has 3 saturated carbocycles. The van der Waals surface area contributed by atoms with E-state index in [1.807, 2.05) is 0 Å². The second-order valence-corrected chi connectivity index (χ2v) is 12.8. The van der Waals surface area contributed by atoms with Crippen molar-refractivity contribution < 1.29 is 22.7 Å². The molecule has 0 radical (unpaired) electrons. The third-order valence-electron chi connectivity index (χ3n) is 8.32. The van der Waals surface area contributed by atoms with E-state index in [1.54, 1.807) is 14.2 Å². The molecule has 0 aromatic heterocycles. The maximum absolute atomic E-state index is 13.9. The molecule has 34 heavy (non-hydrogen) atoms. The van der Waals surface area contributed by atoms with E-state index in [9.17, 15) is 13.2 Å². The van der Waals surface area contributed by atoms with Crippen LogP contribution in [0.5, 0.6) is 0 Å². The zero-order chi connectivity index (χ0) is 24.7. The quantitative estimate of drug-likeness (QED) is 0.523. The van der Waals surface area contributed by atoms with Gasteiger partial charge in [0.1, 0.15) is 0 Å². The third kappa shape index (κ3) is 6.93. The minimum absolute atomic E-state index is 0.0405. The van der Waals surface area contributed by atoms with Gasteiger partial charge in [0.25, 0.3) is 0 Å². The van der Waals surface area contributed by atoms with Crippen molar-refractivity contribution in [1.29, 1.82) is 5.26 Å². The van der Waals surface area contributed by atoms with Gasteiger partial charge in [0.15, 0.2) is 0 Å². The molecule has 3 unspecified atom stereocenters. The number of sulfonamides is 1. The highest BCUT2D eigenvalue weighted by atomic mass is 32.2. The molecule has 194 valence electrons. The van der Waals surface area contributed by atoms with Crippen LogP contribution in [0.4, 0.5) is 0 Å². The van der Waals surface area contributed by atoms with E-state index >= 15 is 0 Å². The number of nitrogens with one attached hydrogen (secondary N) is 1. The molecule has 0 bridgehead atoms. The number of nitriles is 1. The van der Waals surface area contributed by atoms with Crippen molar-refractivity contribution in [2.75, 3.05) is 20.8 Å². The van der Waals surface area contributed by atoms with Crippen LogP contribution in [-0.4, -0.2) is 68.9 Å². The molecule has 3 rings (SSSR count). The van der Waals surface area contributed by atoms with E-state index in [1.165, 1.54) is 4.31 Å². The van der Waals surface area contributed by atoms with E-state index in [4.69, 9.17) is 14.7 Å². The van der Waals surface area contributed by atoms with E-state index < -0.39 is 15.3 Å². The molecule has 3 atom stereocenters. The minimum atomic E-state index is -3.65. The SMILES string of the molecule is COC1CCC(N(CC(=O)NC2CCC(CC#N)CC2)S(=O)(=O)C2CCC(C)CC2)C(OC)C1. The molecule has 0 saturated heterocycles. The van der Waals surface area contributed by atoms with Crippen LogP contribution in [0.15, 0.2) is 0 Å². The summed E-state index contributed by atoms with van der Waals surface area (Å²) in [6, 6.07) is 1.92. The van der Waals surface area contributed by atoms with Gasteiger partial charge in [-0.2, -0.15) is 9.57 Å². The molecule has 3 fully saturated rings. The number of carbonyl (C=O) groups excluding carboxylic acids is 1. The Morgan fingerprint density at radius 3 is 2.26 bits per heavy atom. The van der Waals surface area contributed by atoms with Crippen molar-refractivity contribution in [2.45, 2.75) is 114 Å². The van der Waals surface area contributed by atoms with E-state index in [2.05, 4.69) is 18.3 Å². The Hall–Kier alpha value is -1.21. The van der Waals surface area contributed by atoms with Gasteiger partial charge in [-0.3, -0.25) is 4.79 Å². The average Bonchev–Trinajstić information content (AvgIpc) is 2.84. The van der Waals surface area contributed by atoms with Crippen LogP contribution in [0.2, 0.25) is 0 Å². The summed E-state index contributed by atoms with van der Waals surface area (Å²) in [6.45, 7) is 2.01. The van der Waals surface area contributed by atoms with Crippen LogP contribution in [0.3, 0.4) is 0 Å². The summed E-state index contributed by atoms with van der Waals surface area (Å²) in [6.07, 6.45) is 8.92. The smallest absolute Gasteiger partial charge is 0.235 e. The summed E-state index contributed by atoms with van der Waals surface area (Å²) in [5, 5.41) is 11.6. The van der Waals surface area contributed by atoms with E-state index in [0.29, 0.717) is 43.9 Å².